The maximum atomic E-state index is 13.7. The second-order valence-electron chi connectivity index (χ2n) is 9.97. The van der Waals surface area contributed by atoms with Crippen LogP contribution in [0.2, 0.25) is 0 Å². The molecule has 0 spiro atoms. The lowest BCUT2D eigenvalue weighted by Gasteiger charge is -2.36. The van der Waals surface area contributed by atoms with Crippen molar-refractivity contribution in [3.63, 3.8) is 0 Å². The van der Waals surface area contributed by atoms with Crippen LogP contribution in [-0.4, -0.2) is 59.0 Å². The molecule has 0 atom stereocenters. The van der Waals surface area contributed by atoms with Gasteiger partial charge in [-0.15, -0.1) is 0 Å². The molecule has 2 amide bonds. The predicted octanol–water partition coefficient (Wildman–Crippen LogP) is 5.48. The van der Waals surface area contributed by atoms with Crippen LogP contribution in [0.4, 0.5) is 0 Å². The highest BCUT2D eigenvalue weighted by Crippen LogP contribution is 2.25. The van der Waals surface area contributed by atoms with Gasteiger partial charge in [0.1, 0.15) is 0 Å². The molecule has 1 heterocycles. The average molecular weight is 547 g/mol. The first-order valence-corrected chi connectivity index (χ1v) is 13.6. The highest BCUT2D eigenvalue weighted by atomic mass is 79.9. The lowest BCUT2D eigenvalue weighted by molar-refractivity contribution is -0.143. The fraction of sp³-hybridized carbons (Fsp3) is 0.571. The van der Waals surface area contributed by atoms with Crippen molar-refractivity contribution < 1.29 is 14.3 Å². The fourth-order valence-corrected chi connectivity index (χ4v) is 5.01. The summed E-state index contributed by atoms with van der Waals surface area (Å²) in [4.78, 5) is 30.3. The third-order valence-corrected chi connectivity index (χ3v) is 7.21. The first-order valence-electron chi connectivity index (χ1n) is 12.8. The van der Waals surface area contributed by atoms with Crippen molar-refractivity contribution in [3.05, 3.63) is 58.3 Å². The summed E-state index contributed by atoms with van der Waals surface area (Å²) in [6, 6.07) is 12.7. The summed E-state index contributed by atoms with van der Waals surface area (Å²) in [5.74, 6) is 0.299. The Morgan fingerprint density at radius 2 is 1.80 bits per heavy atom. The molecule has 1 aliphatic carbocycles. The number of hydrogen-bond donors (Lipinski definition) is 0. The van der Waals surface area contributed by atoms with E-state index in [0.717, 1.165) is 42.4 Å². The summed E-state index contributed by atoms with van der Waals surface area (Å²) >= 11 is 3.50. The molecule has 192 valence electrons. The third kappa shape index (κ3) is 8.50. The van der Waals surface area contributed by atoms with Crippen LogP contribution in [-0.2, 0) is 27.4 Å². The number of halogens is 1. The molecule has 3 rings (SSSR count). The highest BCUT2D eigenvalue weighted by Gasteiger charge is 2.29. The predicted molar refractivity (Wildman–Crippen MR) is 143 cm³/mol. The topological polar surface area (TPSA) is 54.8 Å². The van der Waals surface area contributed by atoms with Gasteiger partial charge in [0.2, 0.25) is 11.8 Å². The van der Waals surface area contributed by atoms with Gasteiger partial charge in [0, 0.05) is 49.0 Å². The first kappa shape index (κ1) is 27.5. The molecule has 1 saturated carbocycles. The third-order valence-electron chi connectivity index (χ3n) is 6.68. The summed E-state index contributed by atoms with van der Waals surface area (Å²) in [5.41, 5.74) is 2.33. The van der Waals surface area contributed by atoms with Crippen LogP contribution in [0.15, 0.2) is 47.1 Å². The molecule has 6 nitrogen and oxygen atoms in total. The molecule has 35 heavy (non-hydrogen) atoms. The van der Waals surface area contributed by atoms with Crippen molar-refractivity contribution in [1.82, 2.24) is 14.4 Å². The van der Waals surface area contributed by atoms with Gasteiger partial charge in [-0.1, -0.05) is 61.2 Å². The van der Waals surface area contributed by atoms with Gasteiger partial charge in [-0.25, -0.2) is 0 Å². The van der Waals surface area contributed by atoms with Crippen molar-refractivity contribution >= 4 is 27.7 Å². The van der Waals surface area contributed by atoms with E-state index in [1.54, 1.807) is 12.0 Å². The SMILES string of the molecule is COCCN(CC(=O)N(Cc1cccn1Cc1ccc(Br)cc1)C1CCCCC1)C(=O)CC(C)C. The van der Waals surface area contributed by atoms with Crippen molar-refractivity contribution in [1.29, 1.82) is 0 Å². The van der Waals surface area contributed by atoms with Gasteiger partial charge in [0.15, 0.2) is 0 Å². The van der Waals surface area contributed by atoms with Crippen LogP contribution < -0.4 is 0 Å². The van der Waals surface area contributed by atoms with Gasteiger partial charge >= 0.3 is 0 Å². The van der Waals surface area contributed by atoms with Gasteiger partial charge in [-0.2, -0.15) is 0 Å². The molecule has 1 fully saturated rings. The number of benzene rings is 1. The van der Waals surface area contributed by atoms with Gasteiger partial charge in [0.05, 0.1) is 19.7 Å². The van der Waals surface area contributed by atoms with E-state index < -0.39 is 0 Å². The Kier molecular flexibility index (Phi) is 10.9. The molecule has 0 radical (unpaired) electrons. The smallest absolute Gasteiger partial charge is 0.242 e. The van der Waals surface area contributed by atoms with Crippen LogP contribution >= 0.6 is 15.9 Å². The summed E-state index contributed by atoms with van der Waals surface area (Å²) in [6.07, 6.45) is 8.09. The zero-order valence-corrected chi connectivity index (χ0v) is 23.0. The van der Waals surface area contributed by atoms with Gasteiger partial charge in [0.25, 0.3) is 0 Å². The Morgan fingerprint density at radius 3 is 2.46 bits per heavy atom. The molecule has 2 aromatic rings. The molecule has 7 heteroatoms. The van der Waals surface area contributed by atoms with E-state index in [0.29, 0.717) is 26.1 Å². The number of carbonyl (C=O) groups excluding carboxylic acids is 2. The Hall–Kier alpha value is -2.12. The molecule has 0 N–H and O–H groups in total. The van der Waals surface area contributed by atoms with Gasteiger partial charge in [-0.3, -0.25) is 9.59 Å². The number of methoxy groups -OCH3 is 1. The fourth-order valence-electron chi connectivity index (χ4n) is 4.75. The molecule has 0 unspecified atom stereocenters. The van der Waals surface area contributed by atoms with Gasteiger partial charge < -0.3 is 19.1 Å². The second kappa shape index (κ2) is 13.8. The second-order valence-corrected chi connectivity index (χ2v) is 10.9. The number of hydrogen-bond acceptors (Lipinski definition) is 3. The van der Waals surface area contributed by atoms with E-state index >= 15 is 0 Å². The number of carbonyl (C=O) groups is 2. The zero-order chi connectivity index (χ0) is 25.2. The van der Waals surface area contributed by atoms with Crippen LogP contribution in [0.3, 0.4) is 0 Å². The maximum Gasteiger partial charge on any atom is 0.242 e. The Balaban J connectivity index is 1.77. The van der Waals surface area contributed by atoms with Crippen molar-refractivity contribution in [2.45, 2.75) is 71.5 Å². The summed E-state index contributed by atoms with van der Waals surface area (Å²) in [5, 5.41) is 0. The summed E-state index contributed by atoms with van der Waals surface area (Å²) in [6.45, 7) is 6.35. The van der Waals surface area contributed by atoms with Crippen LogP contribution in [0.5, 0.6) is 0 Å². The minimum Gasteiger partial charge on any atom is -0.383 e. The number of nitrogens with zero attached hydrogens (tertiary/aromatic N) is 3. The Bertz CT molecular complexity index is 935. The van der Waals surface area contributed by atoms with Crippen molar-refractivity contribution in [3.8, 4) is 0 Å². The summed E-state index contributed by atoms with van der Waals surface area (Å²) in [7, 11) is 1.63. The molecule has 0 saturated heterocycles. The van der Waals surface area contributed by atoms with E-state index in [-0.39, 0.29) is 30.3 Å². The van der Waals surface area contributed by atoms with E-state index in [1.807, 2.05) is 18.7 Å². The van der Waals surface area contributed by atoms with E-state index in [9.17, 15) is 9.59 Å². The minimum absolute atomic E-state index is 0.0209. The quantitative estimate of drug-likeness (QED) is 0.354. The van der Waals surface area contributed by atoms with Crippen LogP contribution in [0.1, 0.15) is 63.6 Å². The van der Waals surface area contributed by atoms with Crippen LogP contribution in [0, 0.1) is 5.92 Å². The molecule has 1 aliphatic rings. The number of amides is 2. The summed E-state index contributed by atoms with van der Waals surface area (Å²) < 4.78 is 8.51. The number of rotatable bonds is 12. The number of aromatic nitrogens is 1. The van der Waals surface area contributed by atoms with Crippen molar-refractivity contribution in [2.75, 3.05) is 26.8 Å². The zero-order valence-electron chi connectivity index (χ0n) is 21.4. The highest BCUT2D eigenvalue weighted by molar-refractivity contribution is 9.10. The molecule has 1 aromatic heterocycles. The molecular formula is C28H40BrN3O3. The van der Waals surface area contributed by atoms with E-state index in [4.69, 9.17) is 4.74 Å². The average Bonchev–Trinajstić information content (AvgIpc) is 3.28. The van der Waals surface area contributed by atoms with Crippen molar-refractivity contribution in [2.24, 2.45) is 5.92 Å². The molecular weight excluding hydrogens is 506 g/mol. The van der Waals surface area contributed by atoms with E-state index in [2.05, 4.69) is 63.1 Å². The van der Waals surface area contributed by atoms with Crippen LogP contribution in [0.25, 0.3) is 0 Å². The Labute approximate surface area is 218 Å². The van der Waals surface area contributed by atoms with E-state index in [1.165, 1.54) is 12.0 Å². The normalized spacial score (nSPS) is 14.3. The first-order chi connectivity index (χ1) is 16.9. The Morgan fingerprint density at radius 1 is 1.09 bits per heavy atom. The van der Waals surface area contributed by atoms with Gasteiger partial charge in [-0.05, 0) is 48.6 Å². The molecule has 0 aliphatic heterocycles. The number of ether oxygens (including phenoxy) is 1. The maximum absolute atomic E-state index is 13.7. The molecule has 0 bridgehead atoms. The monoisotopic (exact) mass is 545 g/mol. The largest absolute Gasteiger partial charge is 0.383 e. The minimum atomic E-state index is 0.0209. The lowest BCUT2D eigenvalue weighted by atomic mass is 9.94. The molecule has 1 aromatic carbocycles. The standard InChI is InChI=1S/C28H40BrN3O3/c1-22(2)18-27(33)31(16-17-35-3)21-28(34)32(25-8-5-4-6-9-25)20-26-10-7-15-30(26)19-23-11-13-24(29)14-12-23/h7,10-15,22,25H,4-6,8-9,16-21H2,1-3H3. The lowest BCUT2D eigenvalue weighted by Crippen LogP contribution is -2.48.